The number of hydrogen-bond donors (Lipinski definition) is 0. The quantitative estimate of drug-likeness (QED) is 0.372. The molecule has 0 aromatic carbocycles. The first-order chi connectivity index (χ1) is 12.2. The van der Waals surface area contributed by atoms with Crippen molar-refractivity contribution >= 4 is 17.9 Å². The predicted molar refractivity (Wildman–Crippen MR) is 96.9 cm³/mol. The first kappa shape index (κ1) is 21.7. The summed E-state index contributed by atoms with van der Waals surface area (Å²) in [4.78, 5) is 35.2. The molecule has 1 aliphatic rings. The lowest BCUT2D eigenvalue weighted by molar-refractivity contribution is -0.153. The van der Waals surface area contributed by atoms with Crippen LogP contribution in [0.4, 0.5) is 0 Å². The minimum absolute atomic E-state index is 0.160. The van der Waals surface area contributed by atoms with Gasteiger partial charge in [0.05, 0.1) is 24.2 Å². The molecule has 1 rings (SSSR count). The number of ether oxygens (including phenoxy) is 3. The summed E-state index contributed by atoms with van der Waals surface area (Å²) >= 11 is 0. The Morgan fingerprint density at radius 2 is 1.73 bits per heavy atom. The largest absolute Gasteiger partial charge is 0.465 e. The third-order valence-corrected chi connectivity index (χ3v) is 3.37. The molecule has 0 heterocycles. The van der Waals surface area contributed by atoms with Gasteiger partial charge in [-0.2, -0.15) is 0 Å². The zero-order valence-corrected chi connectivity index (χ0v) is 16.0. The zero-order chi connectivity index (χ0) is 19.6. The molecular weight excluding hydrogens is 336 g/mol. The van der Waals surface area contributed by atoms with Gasteiger partial charge < -0.3 is 14.2 Å². The molecule has 0 N–H and O–H groups in total. The van der Waals surface area contributed by atoms with Crippen LogP contribution in [0.2, 0.25) is 0 Å². The lowest BCUT2D eigenvalue weighted by atomic mass is 9.97. The fourth-order valence-corrected chi connectivity index (χ4v) is 1.91. The summed E-state index contributed by atoms with van der Waals surface area (Å²) < 4.78 is 15.5. The topological polar surface area (TPSA) is 78.9 Å². The number of carbonyl (C=O) groups is 3. The lowest BCUT2D eigenvalue weighted by Crippen LogP contribution is -2.23. The maximum Gasteiger partial charge on any atom is 0.337 e. The Bertz CT molecular complexity index is 604. The van der Waals surface area contributed by atoms with E-state index in [0.29, 0.717) is 30.6 Å². The Labute approximate surface area is 154 Å². The molecule has 0 radical (unpaired) electrons. The van der Waals surface area contributed by atoms with Crippen molar-refractivity contribution in [1.82, 2.24) is 0 Å². The number of esters is 3. The van der Waals surface area contributed by atoms with E-state index in [4.69, 9.17) is 14.2 Å². The van der Waals surface area contributed by atoms with E-state index in [0.717, 1.165) is 6.42 Å². The van der Waals surface area contributed by atoms with Gasteiger partial charge in [-0.3, -0.25) is 9.59 Å². The average Bonchev–Trinajstić information content (AvgIpc) is 2.79. The van der Waals surface area contributed by atoms with Crippen LogP contribution >= 0.6 is 0 Å². The second-order valence-electron chi connectivity index (χ2n) is 6.93. The van der Waals surface area contributed by atoms with E-state index in [1.54, 1.807) is 45.1 Å². The van der Waals surface area contributed by atoms with E-state index >= 15 is 0 Å². The Morgan fingerprint density at radius 3 is 2.38 bits per heavy atom. The first-order valence-corrected chi connectivity index (χ1v) is 8.87. The van der Waals surface area contributed by atoms with Crippen molar-refractivity contribution in [3.63, 3.8) is 0 Å². The molecule has 0 bridgehead atoms. The monoisotopic (exact) mass is 364 g/mol. The fraction of sp³-hybridized carbons (Fsp3) is 0.550. The highest BCUT2D eigenvalue weighted by Gasteiger charge is 2.22. The van der Waals surface area contributed by atoms with Gasteiger partial charge in [0, 0.05) is 12.8 Å². The van der Waals surface area contributed by atoms with Gasteiger partial charge in [-0.25, -0.2) is 4.79 Å². The lowest BCUT2D eigenvalue weighted by Gasteiger charge is -2.16. The van der Waals surface area contributed by atoms with Gasteiger partial charge in [-0.15, -0.1) is 0 Å². The van der Waals surface area contributed by atoms with Crippen molar-refractivity contribution in [2.24, 2.45) is 5.41 Å². The molecule has 1 aliphatic carbocycles. The minimum Gasteiger partial charge on any atom is -0.465 e. The van der Waals surface area contributed by atoms with Gasteiger partial charge in [-0.1, -0.05) is 13.0 Å². The summed E-state index contributed by atoms with van der Waals surface area (Å²) in [5.41, 5.74) is -0.146. The zero-order valence-electron chi connectivity index (χ0n) is 16.0. The van der Waals surface area contributed by atoms with Crippen molar-refractivity contribution in [2.45, 2.75) is 53.4 Å². The number of hydrogen-bond acceptors (Lipinski definition) is 6. The fourth-order valence-electron chi connectivity index (χ4n) is 1.91. The summed E-state index contributed by atoms with van der Waals surface area (Å²) in [5, 5.41) is 0. The standard InChI is InChI=1S/C20H28O6/c1-5-8-17(21)26-16-10-6-9-15(11-12-16)18(22)24-13-7-14-25-19(23)20(2,3)4/h9-12H,5-8,13-14H2,1-4H3. The summed E-state index contributed by atoms with van der Waals surface area (Å²) in [7, 11) is 0. The second-order valence-corrected chi connectivity index (χ2v) is 6.93. The number of rotatable bonds is 8. The van der Waals surface area contributed by atoms with Crippen LogP contribution in [-0.4, -0.2) is 31.1 Å². The van der Waals surface area contributed by atoms with Crippen LogP contribution in [0.1, 0.15) is 53.4 Å². The van der Waals surface area contributed by atoms with Gasteiger partial charge in [-0.05, 0) is 51.8 Å². The predicted octanol–water partition coefficient (Wildman–Crippen LogP) is 3.62. The molecular formula is C20H28O6. The van der Waals surface area contributed by atoms with E-state index in [-0.39, 0.29) is 25.2 Å². The van der Waals surface area contributed by atoms with Crippen LogP contribution in [-0.2, 0) is 28.6 Å². The maximum absolute atomic E-state index is 12.1. The van der Waals surface area contributed by atoms with Crippen molar-refractivity contribution < 1.29 is 28.6 Å². The van der Waals surface area contributed by atoms with E-state index in [1.807, 2.05) is 6.92 Å². The van der Waals surface area contributed by atoms with E-state index in [1.165, 1.54) is 0 Å². The summed E-state index contributed by atoms with van der Waals surface area (Å²) in [5.74, 6) is -0.608. The molecule has 6 nitrogen and oxygen atoms in total. The first-order valence-electron chi connectivity index (χ1n) is 8.87. The molecule has 0 fully saturated rings. The smallest absolute Gasteiger partial charge is 0.337 e. The summed E-state index contributed by atoms with van der Waals surface area (Å²) in [6.45, 7) is 7.61. The Morgan fingerprint density at radius 1 is 1.04 bits per heavy atom. The van der Waals surface area contributed by atoms with Crippen molar-refractivity contribution in [3.05, 3.63) is 35.6 Å². The van der Waals surface area contributed by atoms with Crippen LogP contribution in [0.5, 0.6) is 0 Å². The maximum atomic E-state index is 12.1. The molecule has 0 unspecified atom stereocenters. The number of carbonyl (C=O) groups excluding carboxylic acids is 3. The highest BCUT2D eigenvalue weighted by Crippen LogP contribution is 2.16. The van der Waals surface area contributed by atoms with E-state index < -0.39 is 11.4 Å². The highest BCUT2D eigenvalue weighted by atomic mass is 16.5. The van der Waals surface area contributed by atoms with Crippen molar-refractivity contribution in [2.75, 3.05) is 13.2 Å². The Hall–Kier alpha value is -2.37. The van der Waals surface area contributed by atoms with Gasteiger partial charge >= 0.3 is 17.9 Å². The van der Waals surface area contributed by atoms with Crippen LogP contribution in [0, 0.1) is 5.41 Å². The average molecular weight is 364 g/mol. The van der Waals surface area contributed by atoms with Crippen LogP contribution in [0.25, 0.3) is 0 Å². The SMILES string of the molecule is CCCC(=O)OC1=CCC=C(C(=O)OCCCOC(=O)C(C)(C)C)C=C1. The van der Waals surface area contributed by atoms with E-state index in [9.17, 15) is 14.4 Å². The number of allylic oxidation sites excluding steroid dienone is 3. The third kappa shape index (κ3) is 8.14. The van der Waals surface area contributed by atoms with Crippen molar-refractivity contribution in [1.29, 1.82) is 0 Å². The summed E-state index contributed by atoms with van der Waals surface area (Å²) in [6.07, 6.45) is 8.57. The van der Waals surface area contributed by atoms with Crippen LogP contribution < -0.4 is 0 Å². The minimum atomic E-state index is -0.544. The molecule has 6 heteroatoms. The Kier molecular flexibility index (Phi) is 8.82. The van der Waals surface area contributed by atoms with E-state index in [2.05, 4.69) is 0 Å². The normalized spacial score (nSPS) is 14.0. The van der Waals surface area contributed by atoms with Gasteiger partial charge in [0.1, 0.15) is 5.76 Å². The Balaban J connectivity index is 2.34. The molecule has 0 saturated carbocycles. The van der Waals surface area contributed by atoms with Crippen LogP contribution in [0.3, 0.4) is 0 Å². The summed E-state index contributed by atoms with van der Waals surface area (Å²) in [6, 6.07) is 0. The molecule has 0 amide bonds. The molecule has 0 aliphatic heterocycles. The highest BCUT2D eigenvalue weighted by molar-refractivity contribution is 5.91. The van der Waals surface area contributed by atoms with Crippen LogP contribution in [0.15, 0.2) is 35.6 Å². The molecule has 0 saturated heterocycles. The third-order valence-electron chi connectivity index (χ3n) is 3.37. The molecule has 0 atom stereocenters. The molecule has 144 valence electrons. The molecule has 0 aromatic heterocycles. The second kappa shape index (κ2) is 10.6. The van der Waals surface area contributed by atoms with Gasteiger partial charge in [0.25, 0.3) is 0 Å². The van der Waals surface area contributed by atoms with Crippen molar-refractivity contribution in [3.8, 4) is 0 Å². The van der Waals surface area contributed by atoms with Gasteiger partial charge in [0.15, 0.2) is 0 Å². The molecule has 26 heavy (non-hydrogen) atoms. The molecule has 0 aromatic rings. The van der Waals surface area contributed by atoms with Gasteiger partial charge in [0.2, 0.25) is 0 Å². The molecule has 0 spiro atoms.